The molecule has 2 aromatic rings. The summed E-state index contributed by atoms with van der Waals surface area (Å²) in [6, 6.07) is 13.1. The van der Waals surface area contributed by atoms with Gasteiger partial charge < -0.3 is 9.64 Å². The van der Waals surface area contributed by atoms with Crippen LogP contribution in [0.15, 0.2) is 53.4 Å². The van der Waals surface area contributed by atoms with Crippen LogP contribution in [-0.2, 0) is 16.2 Å². The summed E-state index contributed by atoms with van der Waals surface area (Å²) >= 11 is 0.813. The van der Waals surface area contributed by atoms with Gasteiger partial charge in [-0.15, -0.1) is 0 Å². The predicted octanol–water partition coefficient (Wildman–Crippen LogP) is 3.83. The Bertz CT molecular complexity index is 1130. The Kier molecular flexibility index (Phi) is 6.74. The number of benzene rings is 2. The van der Waals surface area contributed by atoms with E-state index >= 15 is 0 Å². The average molecular weight is 468 g/mol. The van der Waals surface area contributed by atoms with Gasteiger partial charge >= 0.3 is 0 Å². The Morgan fingerprint density at radius 2 is 1.85 bits per heavy atom. The standard InChI is InChI=1S/C23H21N3O6S/c27-21(24-10-1-2-11-24)14-25-22(28)20(33-23(25)29)13-17-4-3-5-19(12-17)32-15-16-6-8-18(9-7-16)26(30)31/h3-9,12-13H,1-2,10-11,14-15H2/b20-13-. The van der Waals surface area contributed by atoms with E-state index in [-0.39, 0.29) is 29.7 Å². The Labute approximate surface area is 194 Å². The fourth-order valence-electron chi connectivity index (χ4n) is 3.56. The fourth-order valence-corrected chi connectivity index (χ4v) is 4.40. The summed E-state index contributed by atoms with van der Waals surface area (Å²) in [7, 11) is 0. The van der Waals surface area contributed by atoms with Crippen molar-refractivity contribution in [3.63, 3.8) is 0 Å². The number of hydrogen-bond donors (Lipinski definition) is 0. The molecular weight excluding hydrogens is 446 g/mol. The molecule has 0 saturated carbocycles. The zero-order valence-electron chi connectivity index (χ0n) is 17.6. The number of rotatable bonds is 7. The molecule has 0 unspecified atom stereocenters. The number of non-ortho nitro benzene ring substituents is 1. The molecule has 0 bridgehead atoms. The van der Waals surface area contributed by atoms with Gasteiger partial charge in [0, 0.05) is 25.2 Å². The van der Waals surface area contributed by atoms with E-state index in [0.29, 0.717) is 24.4 Å². The van der Waals surface area contributed by atoms with Crippen LogP contribution < -0.4 is 4.74 Å². The Morgan fingerprint density at radius 1 is 1.12 bits per heavy atom. The van der Waals surface area contributed by atoms with Crippen molar-refractivity contribution >= 4 is 40.6 Å². The minimum atomic E-state index is -0.477. The molecule has 0 atom stereocenters. The molecule has 2 aliphatic rings. The molecule has 2 heterocycles. The number of ether oxygens (including phenoxy) is 1. The van der Waals surface area contributed by atoms with Gasteiger partial charge in [-0.3, -0.25) is 29.4 Å². The molecule has 2 saturated heterocycles. The smallest absolute Gasteiger partial charge is 0.294 e. The maximum atomic E-state index is 12.7. The van der Waals surface area contributed by atoms with Crippen molar-refractivity contribution in [2.75, 3.05) is 19.6 Å². The molecule has 0 aromatic heterocycles. The van der Waals surface area contributed by atoms with E-state index in [1.54, 1.807) is 47.4 Å². The topological polar surface area (TPSA) is 110 Å². The number of nitro benzene ring substituents is 1. The van der Waals surface area contributed by atoms with Gasteiger partial charge in [0.2, 0.25) is 5.91 Å². The lowest BCUT2D eigenvalue weighted by Gasteiger charge is -2.18. The van der Waals surface area contributed by atoms with Gasteiger partial charge in [-0.25, -0.2) is 0 Å². The molecule has 0 spiro atoms. The highest BCUT2D eigenvalue weighted by Crippen LogP contribution is 2.32. The van der Waals surface area contributed by atoms with E-state index < -0.39 is 16.1 Å². The summed E-state index contributed by atoms with van der Waals surface area (Å²) in [5.41, 5.74) is 1.46. The Morgan fingerprint density at radius 3 is 2.55 bits per heavy atom. The second kappa shape index (κ2) is 9.86. The molecule has 9 nitrogen and oxygen atoms in total. The number of likely N-dealkylation sites (tertiary alicyclic amines) is 1. The third kappa shape index (κ3) is 5.40. The maximum Gasteiger partial charge on any atom is 0.294 e. The van der Waals surface area contributed by atoms with E-state index in [1.165, 1.54) is 12.1 Å². The number of amides is 3. The normalized spacial score (nSPS) is 17.2. The van der Waals surface area contributed by atoms with E-state index in [2.05, 4.69) is 0 Å². The van der Waals surface area contributed by atoms with Crippen LogP contribution in [0.3, 0.4) is 0 Å². The largest absolute Gasteiger partial charge is 0.489 e. The van der Waals surface area contributed by atoms with Crippen molar-refractivity contribution in [3.8, 4) is 5.75 Å². The average Bonchev–Trinajstić information content (AvgIpc) is 3.43. The highest BCUT2D eigenvalue weighted by atomic mass is 32.2. The number of imide groups is 1. The molecule has 170 valence electrons. The molecular formula is C23H21N3O6S. The first-order chi connectivity index (χ1) is 15.9. The van der Waals surface area contributed by atoms with Crippen molar-refractivity contribution in [3.05, 3.63) is 74.7 Å². The van der Waals surface area contributed by atoms with Gasteiger partial charge in [0.15, 0.2) is 0 Å². The first-order valence-electron chi connectivity index (χ1n) is 10.4. The fraction of sp³-hybridized carbons (Fsp3) is 0.261. The molecule has 33 heavy (non-hydrogen) atoms. The number of nitrogens with zero attached hydrogens (tertiary/aromatic N) is 3. The molecule has 0 radical (unpaired) electrons. The minimum Gasteiger partial charge on any atom is -0.489 e. The minimum absolute atomic E-state index is 0.0109. The van der Waals surface area contributed by atoms with Crippen LogP contribution in [0.25, 0.3) is 6.08 Å². The quantitative estimate of drug-likeness (QED) is 0.346. The van der Waals surface area contributed by atoms with Gasteiger partial charge in [0.25, 0.3) is 16.8 Å². The third-order valence-electron chi connectivity index (χ3n) is 5.33. The van der Waals surface area contributed by atoms with Gasteiger partial charge in [0.1, 0.15) is 18.9 Å². The van der Waals surface area contributed by atoms with E-state index in [9.17, 15) is 24.5 Å². The van der Waals surface area contributed by atoms with Gasteiger partial charge in [-0.1, -0.05) is 12.1 Å². The molecule has 0 N–H and O–H groups in total. The third-order valence-corrected chi connectivity index (χ3v) is 6.24. The number of carbonyl (C=O) groups excluding carboxylic acids is 3. The van der Waals surface area contributed by atoms with Gasteiger partial charge in [-0.2, -0.15) is 0 Å². The summed E-state index contributed by atoms with van der Waals surface area (Å²) in [5.74, 6) is -0.141. The van der Waals surface area contributed by atoms with Crippen molar-refractivity contribution in [2.24, 2.45) is 0 Å². The van der Waals surface area contributed by atoms with Gasteiger partial charge in [-0.05, 0) is 66.1 Å². The number of carbonyl (C=O) groups is 3. The SMILES string of the molecule is O=C(CN1C(=O)S/C(=C\c2cccc(OCc3ccc([N+](=O)[O-])cc3)c2)C1=O)N1CCCC1. The molecule has 2 aliphatic heterocycles. The summed E-state index contributed by atoms with van der Waals surface area (Å²) in [5, 5.41) is 10.3. The van der Waals surface area contributed by atoms with Crippen LogP contribution in [0.1, 0.15) is 24.0 Å². The van der Waals surface area contributed by atoms with Crippen LogP contribution in [0, 0.1) is 10.1 Å². The highest BCUT2D eigenvalue weighted by molar-refractivity contribution is 8.18. The first-order valence-corrected chi connectivity index (χ1v) is 11.2. The predicted molar refractivity (Wildman–Crippen MR) is 122 cm³/mol. The number of nitro groups is 1. The van der Waals surface area contributed by atoms with Gasteiger partial charge in [0.05, 0.1) is 9.83 Å². The van der Waals surface area contributed by atoms with Crippen LogP contribution >= 0.6 is 11.8 Å². The molecule has 2 aromatic carbocycles. The molecule has 0 aliphatic carbocycles. The molecule has 10 heteroatoms. The van der Waals surface area contributed by atoms with Crippen LogP contribution in [0.2, 0.25) is 0 Å². The van der Waals surface area contributed by atoms with Crippen LogP contribution in [0.4, 0.5) is 10.5 Å². The molecule has 2 fully saturated rings. The van der Waals surface area contributed by atoms with E-state index in [0.717, 1.165) is 35.1 Å². The van der Waals surface area contributed by atoms with Crippen LogP contribution in [0.5, 0.6) is 5.75 Å². The second-order valence-electron chi connectivity index (χ2n) is 7.64. The summed E-state index contributed by atoms with van der Waals surface area (Å²) in [4.78, 5) is 50.6. The van der Waals surface area contributed by atoms with Crippen molar-refractivity contribution in [1.82, 2.24) is 9.80 Å². The number of thioether (sulfide) groups is 1. The Hall–Kier alpha value is -3.66. The van der Waals surface area contributed by atoms with Crippen LogP contribution in [-0.4, -0.2) is 51.4 Å². The van der Waals surface area contributed by atoms with E-state index in [4.69, 9.17) is 4.74 Å². The zero-order chi connectivity index (χ0) is 23.4. The zero-order valence-corrected chi connectivity index (χ0v) is 18.5. The van der Waals surface area contributed by atoms with Crippen molar-refractivity contribution < 1.29 is 24.0 Å². The lowest BCUT2D eigenvalue weighted by molar-refractivity contribution is -0.384. The maximum absolute atomic E-state index is 12.7. The molecule has 3 amide bonds. The second-order valence-corrected chi connectivity index (χ2v) is 8.63. The van der Waals surface area contributed by atoms with Crippen molar-refractivity contribution in [2.45, 2.75) is 19.4 Å². The first kappa shape index (κ1) is 22.5. The summed E-state index contributed by atoms with van der Waals surface area (Å²) in [6.45, 7) is 1.31. The van der Waals surface area contributed by atoms with E-state index in [1.807, 2.05) is 0 Å². The summed E-state index contributed by atoms with van der Waals surface area (Å²) < 4.78 is 5.76. The Balaban J connectivity index is 1.40. The lowest BCUT2D eigenvalue weighted by atomic mass is 10.2. The molecule has 4 rings (SSSR count). The summed E-state index contributed by atoms with van der Waals surface area (Å²) in [6.07, 6.45) is 3.48. The van der Waals surface area contributed by atoms with Crippen molar-refractivity contribution in [1.29, 1.82) is 0 Å². The lowest BCUT2D eigenvalue weighted by Crippen LogP contribution is -2.40. The number of hydrogen-bond acceptors (Lipinski definition) is 7. The monoisotopic (exact) mass is 467 g/mol. The highest BCUT2D eigenvalue weighted by Gasteiger charge is 2.37.